The SMILES string of the molecule is CSc1ccc(C(=O)C(C)N)cc1Cl. The van der Waals surface area contributed by atoms with Gasteiger partial charge in [-0.1, -0.05) is 17.7 Å². The fourth-order valence-electron chi connectivity index (χ4n) is 1.08. The van der Waals surface area contributed by atoms with Crippen LogP contribution in [0.5, 0.6) is 0 Å². The lowest BCUT2D eigenvalue weighted by atomic mass is 10.1. The largest absolute Gasteiger partial charge is 0.321 e. The summed E-state index contributed by atoms with van der Waals surface area (Å²) >= 11 is 7.51. The number of Topliss-reactive ketones (excluding diaryl/α,β-unsaturated/α-hetero) is 1. The summed E-state index contributed by atoms with van der Waals surface area (Å²) in [5, 5.41) is 0.601. The number of carbonyl (C=O) groups is 1. The average Bonchev–Trinajstić information content (AvgIpc) is 2.16. The maximum Gasteiger partial charge on any atom is 0.179 e. The van der Waals surface area contributed by atoms with E-state index in [0.717, 1.165) is 4.90 Å². The summed E-state index contributed by atoms with van der Waals surface area (Å²) in [6.07, 6.45) is 1.94. The summed E-state index contributed by atoms with van der Waals surface area (Å²) in [6, 6.07) is 4.77. The lowest BCUT2D eigenvalue weighted by molar-refractivity contribution is 0.0968. The number of hydrogen-bond acceptors (Lipinski definition) is 3. The number of ketones is 1. The normalized spacial score (nSPS) is 12.6. The van der Waals surface area contributed by atoms with Crippen molar-refractivity contribution in [2.45, 2.75) is 17.9 Å². The summed E-state index contributed by atoms with van der Waals surface area (Å²) in [5.41, 5.74) is 6.06. The van der Waals surface area contributed by atoms with Gasteiger partial charge in [0.05, 0.1) is 11.1 Å². The van der Waals surface area contributed by atoms with Crippen molar-refractivity contribution in [3.8, 4) is 0 Å². The van der Waals surface area contributed by atoms with Crippen molar-refractivity contribution in [2.75, 3.05) is 6.26 Å². The predicted octanol–water partition coefficient (Wildman–Crippen LogP) is 2.59. The highest BCUT2D eigenvalue weighted by molar-refractivity contribution is 7.98. The van der Waals surface area contributed by atoms with Gasteiger partial charge in [-0.2, -0.15) is 0 Å². The van der Waals surface area contributed by atoms with E-state index < -0.39 is 6.04 Å². The first kappa shape index (κ1) is 11.6. The zero-order chi connectivity index (χ0) is 10.7. The van der Waals surface area contributed by atoms with Gasteiger partial charge < -0.3 is 5.73 Å². The summed E-state index contributed by atoms with van der Waals surface area (Å²) in [4.78, 5) is 12.5. The molecule has 1 atom stereocenters. The van der Waals surface area contributed by atoms with Gasteiger partial charge in [0.25, 0.3) is 0 Å². The lowest BCUT2D eigenvalue weighted by Crippen LogP contribution is -2.26. The molecule has 0 saturated carbocycles. The maximum absolute atomic E-state index is 11.5. The zero-order valence-electron chi connectivity index (χ0n) is 8.08. The molecule has 0 radical (unpaired) electrons. The third-order valence-corrected chi connectivity index (χ3v) is 3.07. The Labute approximate surface area is 92.8 Å². The van der Waals surface area contributed by atoms with E-state index in [2.05, 4.69) is 0 Å². The Morgan fingerprint density at radius 3 is 2.64 bits per heavy atom. The molecule has 1 aromatic carbocycles. The molecule has 0 saturated heterocycles. The van der Waals surface area contributed by atoms with Crippen LogP contribution in [0.1, 0.15) is 17.3 Å². The standard InChI is InChI=1S/C10H12ClNOS/c1-6(12)10(13)7-3-4-9(14-2)8(11)5-7/h3-6H,12H2,1-2H3. The van der Waals surface area contributed by atoms with Crippen LogP contribution in [-0.4, -0.2) is 18.1 Å². The summed E-state index contributed by atoms with van der Waals surface area (Å²) in [5.74, 6) is -0.0837. The third kappa shape index (κ3) is 2.50. The molecule has 0 heterocycles. The van der Waals surface area contributed by atoms with E-state index in [0.29, 0.717) is 10.6 Å². The summed E-state index contributed by atoms with van der Waals surface area (Å²) < 4.78 is 0. The molecule has 0 aromatic heterocycles. The predicted molar refractivity (Wildman–Crippen MR) is 61.2 cm³/mol. The van der Waals surface area contributed by atoms with Gasteiger partial charge in [0.1, 0.15) is 0 Å². The van der Waals surface area contributed by atoms with Gasteiger partial charge in [-0.15, -0.1) is 11.8 Å². The quantitative estimate of drug-likeness (QED) is 0.640. The van der Waals surface area contributed by atoms with Gasteiger partial charge in [0.2, 0.25) is 0 Å². The van der Waals surface area contributed by atoms with E-state index in [1.165, 1.54) is 0 Å². The van der Waals surface area contributed by atoms with Crippen molar-refractivity contribution in [2.24, 2.45) is 5.73 Å². The Morgan fingerprint density at radius 2 is 2.21 bits per heavy atom. The first-order valence-corrected chi connectivity index (χ1v) is 5.80. The van der Waals surface area contributed by atoms with E-state index >= 15 is 0 Å². The highest BCUT2D eigenvalue weighted by Gasteiger charge is 2.11. The summed E-state index contributed by atoms with van der Waals surface area (Å²) in [7, 11) is 0. The molecule has 0 spiro atoms. The van der Waals surface area contributed by atoms with Gasteiger partial charge in [-0.3, -0.25) is 4.79 Å². The minimum Gasteiger partial charge on any atom is -0.321 e. The minimum absolute atomic E-state index is 0.0837. The fraction of sp³-hybridized carbons (Fsp3) is 0.300. The van der Waals surface area contributed by atoms with Crippen LogP contribution in [0.15, 0.2) is 23.1 Å². The second-order valence-corrected chi connectivity index (χ2v) is 4.26. The second-order valence-electron chi connectivity index (χ2n) is 3.00. The summed E-state index contributed by atoms with van der Waals surface area (Å²) in [6.45, 7) is 1.67. The van der Waals surface area contributed by atoms with E-state index in [-0.39, 0.29) is 5.78 Å². The third-order valence-electron chi connectivity index (χ3n) is 1.85. The van der Waals surface area contributed by atoms with Crippen molar-refractivity contribution in [1.82, 2.24) is 0 Å². The highest BCUT2D eigenvalue weighted by Crippen LogP contribution is 2.26. The molecule has 0 amide bonds. The molecule has 1 rings (SSSR count). The van der Waals surface area contributed by atoms with Crippen LogP contribution in [0.25, 0.3) is 0 Å². The number of benzene rings is 1. The number of halogens is 1. The molecule has 0 bridgehead atoms. The molecule has 0 aliphatic carbocycles. The number of rotatable bonds is 3. The van der Waals surface area contributed by atoms with Gasteiger partial charge in [0.15, 0.2) is 5.78 Å². The van der Waals surface area contributed by atoms with Gasteiger partial charge in [0, 0.05) is 10.5 Å². The van der Waals surface area contributed by atoms with Crippen molar-refractivity contribution < 1.29 is 4.79 Å². The fourth-order valence-corrected chi connectivity index (χ4v) is 1.95. The number of hydrogen-bond donors (Lipinski definition) is 1. The molecule has 1 aromatic rings. The van der Waals surface area contributed by atoms with Crippen LogP contribution >= 0.6 is 23.4 Å². The van der Waals surface area contributed by atoms with Crippen LogP contribution in [0.3, 0.4) is 0 Å². The van der Waals surface area contributed by atoms with Crippen LogP contribution < -0.4 is 5.73 Å². The number of nitrogens with two attached hydrogens (primary N) is 1. The zero-order valence-corrected chi connectivity index (χ0v) is 9.65. The van der Waals surface area contributed by atoms with Crippen LogP contribution in [0, 0.1) is 0 Å². The van der Waals surface area contributed by atoms with Crippen molar-refractivity contribution in [3.05, 3.63) is 28.8 Å². The first-order valence-electron chi connectivity index (χ1n) is 4.19. The molecular weight excluding hydrogens is 218 g/mol. The molecule has 76 valence electrons. The van der Waals surface area contributed by atoms with Gasteiger partial charge in [-0.25, -0.2) is 0 Å². The van der Waals surface area contributed by atoms with E-state index in [1.807, 2.05) is 12.3 Å². The van der Waals surface area contributed by atoms with Gasteiger partial charge in [-0.05, 0) is 25.3 Å². The van der Waals surface area contributed by atoms with Crippen molar-refractivity contribution in [1.29, 1.82) is 0 Å². The Morgan fingerprint density at radius 1 is 1.57 bits per heavy atom. The molecule has 0 fully saturated rings. The molecule has 14 heavy (non-hydrogen) atoms. The Bertz CT molecular complexity index is 352. The Kier molecular flexibility index (Phi) is 3.98. The topological polar surface area (TPSA) is 43.1 Å². The van der Waals surface area contributed by atoms with E-state index in [9.17, 15) is 4.79 Å². The molecule has 2 N–H and O–H groups in total. The molecule has 1 unspecified atom stereocenters. The Hall–Kier alpha value is -0.510. The molecule has 2 nitrogen and oxygen atoms in total. The molecule has 4 heteroatoms. The molecular formula is C10H12ClNOS. The van der Waals surface area contributed by atoms with Crippen LogP contribution in [0.2, 0.25) is 5.02 Å². The van der Waals surface area contributed by atoms with E-state index in [1.54, 1.807) is 30.8 Å². The minimum atomic E-state index is -0.480. The lowest BCUT2D eigenvalue weighted by Gasteiger charge is -2.06. The van der Waals surface area contributed by atoms with Crippen LogP contribution in [0.4, 0.5) is 0 Å². The molecule has 0 aliphatic heterocycles. The van der Waals surface area contributed by atoms with Gasteiger partial charge >= 0.3 is 0 Å². The van der Waals surface area contributed by atoms with Crippen molar-refractivity contribution in [3.63, 3.8) is 0 Å². The van der Waals surface area contributed by atoms with E-state index in [4.69, 9.17) is 17.3 Å². The smallest absolute Gasteiger partial charge is 0.179 e. The van der Waals surface area contributed by atoms with Crippen LogP contribution in [-0.2, 0) is 0 Å². The monoisotopic (exact) mass is 229 g/mol. The second kappa shape index (κ2) is 4.82. The Balaban J connectivity index is 3.03. The number of carbonyl (C=O) groups excluding carboxylic acids is 1. The number of thioether (sulfide) groups is 1. The highest BCUT2D eigenvalue weighted by atomic mass is 35.5. The molecule has 0 aliphatic rings. The average molecular weight is 230 g/mol. The van der Waals surface area contributed by atoms with Crippen molar-refractivity contribution >= 4 is 29.1 Å². The maximum atomic E-state index is 11.5. The first-order chi connectivity index (χ1) is 6.56.